The van der Waals surface area contributed by atoms with E-state index in [-0.39, 0.29) is 0 Å². The molecule has 0 unspecified atom stereocenters. The van der Waals surface area contributed by atoms with Gasteiger partial charge < -0.3 is 10.2 Å². The number of carbonyl (C=O) groups excluding carboxylic acids is 1. The van der Waals surface area contributed by atoms with Crippen LogP contribution < -0.4 is 5.32 Å². The minimum absolute atomic E-state index is 0.708. The highest BCUT2D eigenvalue weighted by molar-refractivity contribution is 5.70. The molecule has 2 rings (SSSR count). The predicted octanol–water partition coefficient (Wildman–Crippen LogP) is 1.89. The first-order valence-corrected chi connectivity index (χ1v) is 5.90. The van der Waals surface area contributed by atoms with Crippen molar-refractivity contribution in [2.75, 3.05) is 25.0 Å². The summed E-state index contributed by atoms with van der Waals surface area (Å²) in [6, 6.07) is 8.07. The van der Waals surface area contributed by atoms with Crippen molar-refractivity contribution in [3.8, 4) is 0 Å². The number of hydrogen-bond acceptors (Lipinski definition) is 2. The average Bonchev–Trinajstić information content (AvgIpc) is 2.82. The van der Waals surface area contributed by atoms with Crippen LogP contribution in [0.25, 0.3) is 0 Å². The van der Waals surface area contributed by atoms with Gasteiger partial charge in [-0.3, -0.25) is 4.79 Å². The normalized spacial score (nSPS) is 16.2. The number of hydrogen-bond donors (Lipinski definition) is 1. The highest BCUT2D eigenvalue weighted by atomic mass is 16.1. The minimum atomic E-state index is 0.708. The van der Waals surface area contributed by atoms with Gasteiger partial charge in [-0.1, -0.05) is 12.1 Å². The third-order valence-electron chi connectivity index (χ3n) is 3.09. The molecule has 1 aromatic carbocycles. The van der Waals surface area contributed by atoms with E-state index in [0.717, 1.165) is 18.7 Å². The maximum absolute atomic E-state index is 10.2. The van der Waals surface area contributed by atoms with Crippen LogP contribution in [-0.4, -0.2) is 30.9 Å². The standard InChI is InChI=1S/C13H18N2O/c16-11-14-13-5-3-12(4-6-13)7-10-15-8-1-2-9-15/h3-6,11H,1-2,7-10H2,(H,14,16). The van der Waals surface area contributed by atoms with Gasteiger partial charge in [-0.05, 0) is 50.0 Å². The maximum Gasteiger partial charge on any atom is 0.211 e. The first-order chi connectivity index (χ1) is 7.88. The Morgan fingerprint density at radius 2 is 1.88 bits per heavy atom. The second-order valence-corrected chi connectivity index (χ2v) is 4.26. The Kier molecular flexibility index (Phi) is 3.94. The van der Waals surface area contributed by atoms with E-state index in [1.807, 2.05) is 12.1 Å². The fourth-order valence-electron chi connectivity index (χ4n) is 2.13. The first-order valence-electron chi connectivity index (χ1n) is 5.90. The van der Waals surface area contributed by atoms with Gasteiger partial charge in [0.25, 0.3) is 0 Å². The van der Waals surface area contributed by atoms with E-state index in [4.69, 9.17) is 0 Å². The van der Waals surface area contributed by atoms with Crippen molar-refractivity contribution in [2.45, 2.75) is 19.3 Å². The smallest absolute Gasteiger partial charge is 0.211 e. The highest BCUT2D eigenvalue weighted by Crippen LogP contribution is 2.12. The topological polar surface area (TPSA) is 32.3 Å². The molecule has 0 saturated carbocycles. The number of rotatable bonds is 5. The zero-order valence-corrected chi connectivity index (χ0v) is 9.48. The predicted molar refractivity (Wildman–Crippen MR) is 65.5 cm³/mol. The van der Waals surface area contributed by atoms with Gasteiger partial charge in [-0.15, -0.1) is 0 Å². The van der Waals surface area contributed by atoms with Crippen LogP contribution >= 0.6 is 0 Å². The summed E-state index contributed by atoms with van der Waals surface area (Å²) in [7, 11) is 0. The Bertz CT molecular complexity index is 328. The SMILES string of the molecule is O=CNc1ccc(CCN2CCCC2)cc1. The van der Waals surface area contributed by atoms with Crippen molar-refractivity contribution in [2.24, 2.45) is 0 Å². The number of benzene rings is 1. The summed E-state index contributed by atoms with van der Waals surface area (Å²) < 4.78 is 0. The van der Waals surface area contributed by atoms with E-state index < -0.39 is 0 Å². The van der Waals surface area contributed by atoms with Gasteiger partial charge in [0.1, 0.15) is 0 Å². The molecule has 3 nitrogen and oxygen atoms in total. The van der Waals surface area contributed by atoms with Crippen LogP contribution in [0.5, 0.6) is 0 Å². The van der Waals surface area contributed by atoms with Gasteiger partial charge in [0, 0.05) is 12.2 Å². The van der Waals surface area contributed by atoms with Crippen LogP contribution in [0, 0.1) is 0 Å². The van der Waals surface area contributed by atoms with Crippen molar-refractivity contribution in [1.29, 1.82) is 0 Å². The molecule has 1 aliphatic heterocycles. The van der Waals surface area contributed by atoms with E-state index >= 15 is 0 Å². The summed E-state index contributed by atoms with van der Waals surface area (Å²) >= 11 is 0. The summed E-state index contributed by atoms with van der Waals surface area (Å²) in [5, 5.41) is 2.64. The zero-order valence-electron chi connectivity index (χ0n) is 9.48. The molecule has 0 atom stereocenters. The molecule has 1 saturated heterocycles. The highest BCUT2D eigenvalue weighted by Gasteiger charge is 2.10. The van der Waals surface area contributed by atoms with Gasteiger partial charge in [-0.25, -0.2) is 0 Å². The average molecular weight is 218 g/mol. The number of likely N-dealkylation sites (tertiary alicyclic amines) is 1. The molecular formula is C13H18N2O. The summed E-state index contributed by atoms with van der Waals surface area (Å²) in [5.41, 5.74) is 2.20. The van der Waals surface area contributed by atoms with Crippen molar-refractivity contribution < 1.29 is 4.79 Å². The van der Waals surface area contributed by atoms with Crippen LogP contribution in [0.15, 0.2) is 24.3 Å². The Hall–Kier alpha value is -1.35. The minimum Gasteiger partial charge on any atom is -0.329 e. The molecule has 1 aromatic rings. The van der Waals surface area contributed by atoms with Crippen LogP contribution in [-0.2, 0) is 11.2 Å². The van der Waals surface area contributed by atoms with Crippen molar-refractivity contribution in [3.63, 3.8) is 0 Å². The third kappa shape index (κ3) is 3.07. The molecule has 3 heteroatoms. The Morgan fingerprint density at radius 3 is 2.50 bits per heavy atom. The molecule has 0 bridgehead atoms. The molecule has 1 fully saturated rings. The second-order valence-electron chi connectivity index (χ2n) is 4.26. The van der Waals surface area contributed by atoms with Gasteiger partial charge in [0.05, 0.1) is 0 Å². The van der Waals surface area contributed by atoms with Crippen LogP contribution in [0.1, 0.15) is 18.4 Å². The number of anilines is 1. The molecule has 1 N–H and O–H groups in total. The van der Waals surface area contributed by atoms with Gasteiger partial charge in [0.2, 0.25) is 6.41 Å². The van der Waals surface area contributed by atoms with Crippen molar-refractivity contribution >= 4 is 12.1 Å². The lowest BCUT2D eigenvalue weighted by Crippen LogP contribution is -2.21. The zero-order chi connectivity index (χ0) is 11.2. The summed E-state index contributed by atoms with van der Waals surface area (Å²) in [4.78, 5) is 12.8. The molecule has 1 amide bonds. The fraction of sp³-hybridized carbons (Fsp3) is 0.462. The maximum atomic E-state index is 10.2. The third-order valence-corrected chi connectivity index (χ3v) is 3.09. The van der Waals surface area contributed by atoms with Gasteiger partial charge in [0.15, 0.2) is 0 Å². The molecule has 0 aromatic heterocycles. The molecule has 0 radical (unpaired) electrons. The Balaban J connectivity index is 1.82. The van der Waals surface area contributed by atoms with Crippen molar-refractivity contribution in [1.82, 2.24) is 4.90 Å². The lowest BCUT2D eigenvalue weighted by molar-refractivity contribution is -0.105. The van der Waals surface area contributed by atoms with Crippen molar-refractivity contribution in [3.05, 3.63) is 29.8 Å². The molecule has 1 aliphatic rings. The monoisotopic (exact) mass is 218 g/mol. The Labute approximate surface area is 96.5 Å². The second kappa shape index (κ2) is 5.66. The quantitative estimate of drug-likeness (QED) is 0.765. The van der Waals surface area contributed by atoms with E-state index in [9.17, 15) is 4.79 Å². The molecule has 0 aliphatic carbocycles. The van der Waals surface area contributed by atoms with E-state index in [1.165, 1.54) is 31.5 Å². The van der Waals surface area contributed by atoms with E-state index in [1.54, 1.807) is 0 Å². The number of amides is 1. The number of carbonyl (C=O) groups is 1. The number of nitrogens with one attached hydrogen (secondary N) is 1. The van der Waals surface area contributed by atoms with Crippen LogP contribution in [0.2, 0.25) is 0 Å². The first kappa shape index (κ1) is 11.1. The summed E-state index contributed by atoms with van der Waals surface area (Å²) in [6.45, 7) is 3.66. The van der Waals surface area contributed by atoms with Gasteiger partial charge in [-0.2, -0.15) is 0 Å². The molecule has 16 heavy (non-hydrogen) atoms. The van der Waals surface area contributed by atoms with Crippen LogP contribution in [0.4, 0.5) is 5.69 Å². The van der Waals surface area contributed by atoms with Gasteiger partial charge >= 0.3 is 0 Å². The summed E-state index contributed by atoms with van der Waals surface area (Å²) in [5.74, 6) is 0. The molecule has 1 heterocycles. The molecule has 0 spiro atoms. The lowest BCUT2D eigenvalue weighted by Gasteiger charge is -2.14. The van der Waals surface area contributed by atoms with Crippen LogP contribution in [0.3, 0.4) is 0 Å². The molecule has 86 valence electrons. The Morgan fingerprint density at radius 1 is 1.19 bits per heavy atom. The van der Waals surface area contributed by atoms with E-state index in [0.29, 0.717) is 6.41 Å². The lowest BCUT2D eigenvalue weighted by atomic mass is 10.1. The van der Waals surface area contributed by atoms with E-state index in [2.05, 4.69) is 22.3 Å². The summed E-state index contributed by atoms with van der Waals surface area (Å²) in [6.07, 6.45) is 4.50. The largest absolute Gasteiger partial charge is 0.329 e. The molecular weight excluding hydrogens is 200 g/mol. The fourth-order valence-corrected chi connectivity index (χ4v) is 2.13. The number of nitrogens with zero attached hydrogens (tertiary/aromatic N) is 1.